The first-order valence-corrected chi connectivity index (χ1v) is 9.42. The Morgan fingerprint density at radius 3 is 2.67 bits per heavy atom. The molecule has 2 rings (SSSR count). The zero-order valence-electron chi connectivity index (χ0n) is 14.4. The molecule has 7 heteroatoms. The van der Waals surface area contributed by atoms with Gasteiger partial charge in [0.2, 0.25) is 5.91 Å². The molecule has 2 N–H and O–H groups in total. The van der Waals surface area contributed by atoms with Crippen LogP contribution >= 0.6 is 35.7 Å². The van der Waals surface area contributed by atoms with Crippen LogP contribution in [0.1, 0.15) is 24.0 Å². The lowest BCUT2D eigenvalue weighted by Crippen LogP contribution is -2.38. The maximum Gasteiger partial charge on any atom is 0.222 e. The van der Waals surface area contributed by atoms with Crippen LogP contribution in [0.3, 0.4) is 0 Å². The number of rotatable bonds is 7. The third-order valence-corrected chi connectivity index (χ3v) is 4.53. The van der Waals surface area contributed by atoms with Gasteiger partial charge in [-0.05, 0) is 23.8 Å². The Balaban J connectivity index is 0.00000288. The monoisotopic (exact) mass is 462 g/mol. The smallest absolute Gasteiger partial charge is 0.222 e. The van der Waals surface area contributed by atoms with Crippen molar-refractivity contribution < 1.29 is 4.79 Å². The zero-order valence-corrected chi connectivity index (χ0v) is 17.5. The molecule has 1 aromatic carbocycles. The fourth-order valence-corrected chi connectivity index (χ4v) is 2.94. The first-order valence-electron chi connectivity index (χ1n) is 8.02. The number of benzene rings is 1. The standard InChI is InChI=1S/C17H26N4OS.HI/c1-18-17(19-9-11-23-2)20-12-14-6-3-4-7-15(14)13-21-10-5-8-16(21)22;/h3-4,6-7H,5,8-13H2,1-2H3,(H2,18,19,20);1H. The number of amides is 1. The van der Waals surface area contributed by atoms with Crippen LogP contribution in [-0.2, 0) is 17.9 Å². The molecule has 0 spiro atoms. The van der Waals surface area contributed by atoms with Crippen LogP contribution in [0.5, 0.6) is 0 Å². The maximum atomic E-state index is 11.8. The van der Waals surface area contributed by atoms with Gasteiger partial charge in [-0.1, -0.05) is 24.3 Å². The Morgan fingerprint density at radius 2 is 2.04 bits per heavy atom. The highest BCUT2D eigenvalue weighted by Gasteiger charge is 2.20. The van der Waals surface area contributed by atoms with Crippen molar-refractivity contribution in [3.05, 3.63) is 35.4 Å². The minimum Gasteiger partial charge on any atom is -0.356 e. The van der Waals surface area contributed by atoms with Gasteiger partial charge in [0.1, 0.15) is 0 Å². The molecule has 0 aliphatic carbocycles. The third kappa shape index (κ3) is 6.51. The molecule has 0 saturated carbocycles. The predicted molar refractivity (Wildman–Crippen MR) is 113 cm³/mol. The molecule has 5 nitrogen and oxygen atoms in total. The summed E-state index contributed by atoms with van der Waals surface area (Å²) in [5.74, 6) is 2.13. The second-order valence-corrected chi connectivity index (χ2v) is 6.52. The van der Waals surface area contributed by atoms with Gasteiger partial charge in [0, 0.05) is 45.4 Å². The van der Waals surface area contributed by atoms with Crippen LogP contribution in [0.15, 0.2) is 29.3 Å². The second kappa shape index (κ2) is 11.6. The van der Waals surface area contributed by atoms with E-state index in [-0.39, 0.29) is 29.9 Å². The van der Waals surface area contributed by atoms with Crippen LogP contribution in [0, 0.1) is 0 Å². The summed E-state index contributed by atoms with van der Waals surface area (Å²) in [4.78, 5) is 18.0. The van der Waals surface area contributed by atoms with Gasteiger partial charge in [-0.25, -0.2) is 0 Å². The Hall–Kier alpha value is -0.960. The molecule has 0 radical (unpaired) electrons. The zero-order chi connectivity index (χ0) is 16.5. The summed E-state index contributed by atoms with van der Waals surface area (Å²) in [5, 5.41) is 6.64. The number of aliphatic imine (C=N–C) groups is 1. The van der Waals surface area contributed by atoms with Gasteiger partial charge in [0.25, 0.3) is 0 Å². The van der Waals surface area contributed by atoms with Gasteiger partial charge in [0.05, 0.1) is 0 Å². The van der Waals surface area contributed by atoms with E-state index in [1.807, 2.05) is 17.0 Å². The van der Waals surface area contributed by atoms with Gasteiger partial charge in [0.15, 0.2) is 5.96 Å². The van der Waals surface area contributed by atoms with Crippen molar-refractivity contribution in [2.75, 3.05) is 32.1 Å². The molecular formula is C17H27IN4OS. The van der Waals surface area contributed by atoms with Crippen LogP contribution in [-0.4, -0.2) is 48.9 Å². The fraction of sp³-hybridized carbons (Fsp3) is 0.529. The number of carbonyl (C=O) groups is 1. The second-order valence-electron chi connectivity index (χ2n) is 5.53. The van der Waals surface area contributed by atoms with E-state index >= 15 is 0 Å². The molecule has 0 aromatic heterocycles. The van der Waals surface area contributed by atoms with E-state index < -0.39 is 0 Å². The largest absolute Gasteiger partial charge is 0.356 e. The summed E-state index contributed by atoms with van der Waals surface area (Å²) in [5.41, 5.74) is 2.41. The lowest BCUT2D eigenvalue weighted by atomic mass is 10.1. The first-order chi connectivity index (χ1) is 11.2. The van der Waals surface area contributed by atoms with E-state index in [4.69, 9.17) is 0 Å². The topological polar surface area (TPSA) is 56.7 Å². The van der Waals surface area contributed by atoms with Gasteiger partial charge < -0.3 is 15.5 Å². The summed E-state index contributed by atoms with van der Waals surface area (Å²) in [7, 11) is 1.78. The number of hydrogen-bond acceptors (Lipinski definition) is 3. The minimum absolute atomic E-state index is 0. The van der Waals surface area contributed by atoms with Crippen LogP contribution in [0.4, 0.5) is 0 Å². The number of halogens is 1. The number of guanidine groups is 1. The summed E-state index contributed by atoms with van der Waals surface area (Å²) in [6.07, 6.45) is 3.76. The molecule has 1 fully saturated rings. The van der Waals surface area contributed by atoms with Crippen LogP contribution in [0.2, 0.25) is 0 Å². The molecular weight excluding hydrogens is 435 g/mol. The summed E-state index contributed by atoms with van der Waals surface area (Å²) in [6, 6.07) is 8.28. The molecule has 0 atom stereocenters. The summed E-state index contributed by atoms with van der Waals surface area (Å²) < 4.78 is 0. The molecule has 0 unspecified atom stereocenters. The summed E-state index contributed by atoms with van der Waals surface area (Å²) >= 11 is 1.81. The Bertz CT molecular complexity index is 553. The van der Waals surface area contributed by atoms with E-state index in [2.05, 4.69) is 34.0 Å². The molecule has 134 valence electrons. The lowest BCUT2D eigenvalue weighted by Gasteiger charge is -2.19. The first kappa shape index (κ1) is 21.1. The van der Waals surface area contributed by atoms with Crippen molar-refractivity contribution in [2.24, 2.45) is 4.99 Å². The van der Waals surface area contributed by atoms with E-state index in [0.717, 1.165) is 31.2 Å². The number of hydrogen-bond donors (Lipinski definition) is 2. The van der Waals surface area contributed by atoms with Crippen molar-refractivity contribution in [1.82, 2.24) is 15.5 Å². The van der Waals surface area contributed by atoms with Crippen molar-refractivity contribution >= 4 is 47.6 Å². The Morgan fingerprint density at radius 1 is 1.29 bits per heavy atom. The molecule has 0 bridgehead atoms. The van der Waals surface area contributed by atoms with Crippen molar-refractivity contribution in [1.29, 1.82) is 0 Å². The molecule has 1 aliphatic heterocycles. The highest BCUT2D eigenvalue weighted by Crippen LogP contribution is 2.17. The SMILES string of the molecule is CN=C(NCCSC)NCc1ccccc1CN1CCCC1=O.I. The van der Waals surface area contributed by atoms with E-state index in [9.17, 15) is 4.79 Å². The van der Waals surface area contributed by atoms with Crippen LogP contribution in [0.25, 0.3) is 0 Å². The molecule has 24 heavy (non-hydrogen) atoms. The quantitative estimate of drug-likeness (QED) is 0.283. The fourth-order valence-electron chi connectivity index (χ4n) is 2.63. The summed E-state index contributed by atoms with van der Waals surface area (Å²) in [6.45, 7) is 3.18. The highest BCUT2D eigenvalue weighted by atomic mass is 127. The number of likely N-dealkylation sites (tertiary alicyclic amines) is 1. The Labute approximate surface area is 166 Å². The van der Waals surface area contributed by atoms with Crippen molar-refractivity contribution in [3.8, 4) is 0 Å². The normalized spacial score (nSPS) is 14.5. The van der Waals surface area contributed by atoms with Crippen molar-refractivity contribution in [3.63, 3.8) is 0 Å². The predicted octanol–water partition coefficient (Wildman–Crippen LogP) is 2.46. The Kier molecular flexibility index (Phi) is 10.2. The average Bonchev–Trinajstić information content (AvgIpc) is 2.97. The molecule has 1 aromatic rings. The van der Waals surface area contributed by atoms with Gasteiger partial charge in [-0.2, -0.15) is 11.8 Å². The minimum atomic E-state index is 0. The molecule has 1 saturated heterocycles. The third-order valence-electron chi connectivity index (χ3n) is 3.92. The molecule has 1 amide bonds. The molecule has 1 heterocycles. The molecule has 1 aliphatic rings. The van der Waals surface area contributed by atoms with Gasteiger partial charge in [-0.3, -0.25) is 9.79 Å². The van der Waals surface area contributed by atoms with Gasteiger partial charge >= 0.3 is 0 Å². The van der Waals surface area contributed by atoms with Gasteiger partial charge in [-0.15, -0.1) is 24.0 Å². The van der Waals surface area contributed by atoms with E-state index in [1.165, 1.54) is 11.1 Å². The number of thioether (sulfide) groups is 1. The number of nitrogens with zero attached hydrogens (tertiary/aromatic N) is 2. The van der Waals surface area contributed by atoms with E-state index in [1.54, 1.807) is 18.8 Å². The number of nitrogens with one attached hydrogen (secondary N) is 2. The lowest BCUT2D eigenvalue weighted by molar-refractivity contribution is -0.128. The van der Waals surface area contributed by atoms with Crippen LogP contribution < -0.4 is 10.6 Å². The van der Waals surface area contributed by atoms with E-state index in [0.29, 0.717) is 19.5 Å². The number of carbonyl (C=O) groups excluding carboxylic acids is 1. The highest BCUT2D eigenvalue weighted by molar-refractivity contribution is 14.0. The maximum absolute atomic E-state index is 11.8. The average molecular weight is 462 g/mol. The van der Waals surface area contributed by atoms with Crippen molar-refractivity contribution in [2.45, 2.75) is 25.9 Å².